The predicted octanol–water partition coefficient (Wildman–Crippen LogP) is 4.85. The van der Waals surface area contributed by atoms with E-state index >= 15 is 0 Å². The van der Waals surface area contributed by atoms with Crippen molar-refractivity contribution in [1.82, 2.24) is 0 Å². The molecular formula is C16H22BrFO. The maximum atomic E-state index is 13.4. The van der Waals surface area contributed by atoms with Gasteiger partial charge >= 0.3 is 0 Å². The first-order chi connectivity index (χ1) is 9.16. The van der Waals surface area contributed by atoms with E-state index in [1.54, 1.807) is 6.07 Å². The van der Waals surface area contributed by atoms with E-state index in [1.807, 2.05) is 6.07 Å². The van der Waals surface area contributed by atoms with Crippen molar-refractivity contribution in [1.29, 1.82) is 0 Å². The maximum Gasteiger partial charge on any atom is 0.137 e. The molecule has 2 rings (SSSR count). The topological polar surface area (TPSA) is 20.2 Å². The van der Waals surface area contributed by atoms with Crippen LogP contribution in [0.2, 0.25) is 0 Å². The zero-order valence-corrected chi connectivity index (χ0v) is 12.8. The summed E-state index contributed by atoms with van der Waals surface area (Å²) < 4.78 is 13.9. The molecule has 0 radical (unpaired) electrons. The summed E-state index contributed by atoms with van der Waals surface area (Å²) in [6.07, 6.45) is 8.76. The summed E-state index contributed by atoms with van der Waals surface area (Å²) in [5.74, 6) is 0.393. The summed E-state index contributed by atoms with van der Waals surface area (Å²) in [5, 5.41) is 10.2. The second kappa shape index (κ2) is 7.39. The van der Waals surface area contributed by atoms with Crippen molar-refractivity contribution in [2.45, 2.75) is 57.5 Å². The SMILES string of the molecule is OC(Cc1cccc(F)c1Br)CC1CCCCCC1. The van der Waals surface area contributed by atoms with Crippen LogP contribution in [-0.4, -0.2) is 11.2 Å². The van der Waals surface area contributed by atoms with Gasteiger partial charge in [0.25, 0.3) is 0 Å². The average molecular weight is 329 g/mol. The molecule has 1 aliphatic carbocycles. The van der Waals surface area contributed by atoms with Crippen molar-refractivity contribution < 1.29 is 9.50 Å². The Morgan fingerprint density at radius 2 is 1.89 bits per heavy atom. The van der Waals surface area contributed by atoms with Crippen LogP contribution in [0.3, 0.4) is 0 Å². The molecule has 0 bridgehead atoms. The van der Waals surface area contributed by atoms with E-state index in [4.69, 9.17) is 0 Å². The fraction of sp³-hybridized carbons (Fsp3) is 0.625. The minimum atomic E-state index is -0.360. The van der Waals surface area contributed by atoms with Gasteiger partial charge in [-0.1, -0.05) is 50.7 Å². The van der Waals surface area contributed by atoms with Crippen molar-refractivity contribution >= 4 is 15.9 Å². The van der Waals surface area contributed by atoms with Crippen LogP contribution in [0.1, 0.15) is 50.5 Å². The second-order valence-corrected chi connectivity index (χ2v) is 6.46. The van der Waals surface area contributed by atoms with Crippen molar-refractivity contribution in [3.8, 4) is 0 Å². The Hall–Kier alpha value is -0.410. The summed E-state index contributed by atoms with van der Waals surface area (Å²) in [4.78, 5) is 0. The molecule has 1 atom stereocenters. The van der Waals surface area contributed by atoms with Crippen molar-refractivity contribution in [3.05, 3.63) is 34.1 Å². The molecule has 1 N–H and O–H groups in total. The molecule has 1 nitrogen and oxygen atoms in total. The predicted molar refractivity (Wildman–Crippen MR) is 79.6 cm³/mol. The summed E-state index contributed by atoms with van der Waals surface area (Å²) >= 11 is 3.26. The highest BCUT2D eigenvalue weighted by Gasteiger charge is 2.18. The van der Waals surface area contributed by atoms with Gasteiger partial charge in [0.15, 0.2) is 0 Å². The van der Waals surface area contributed by atoms with Crippen molar-refractivity contribution in [2.24, 2.45) is 5.92 Å². The molecule has 1 fully saturated rings. The van der Waals surface area contributed by atoms with Crippen LogP contribution in [0, 0.1) is 11.7 Å². The highest BCUT2D eigenvalue weighted by atomic mass is 79.9. The van der Waals surface area contributed by atoms with Gasteiger partial charge in [-0.2, -0.15) is 0 Å². The molecule has 1 aromatic rings. The summed E-state index contributed by atoms with van der Waals surface area (Å²) in [6.45, 7) is 0. The molecule has 19 heavy (non-hydrogen) atoms. The second-order valence-electron chi connectivity index (χ2n) is 5.66. The summed E-state index contributed by atoms with van der Waals surface area (Å²) in [7, 11) is 0. The lowest BCUT2D eigenvalue weighted by Gasteiger charge is -2.19. The van der Waals surface area contributed by atoms with Crippen LogP contribution >= 0.6 is 15.9 Å². The van der Waals surface area contributed by atoms with E-state index in [0.29, 0.717) is 16.8 Å². The van der Waals surface area contributed by atoms with Gasteiger partial charge in [-0.15, -0.1) is 0 Å². The molecule has 0 heterocycles. The lowest BCUT2D eigenvalue weighted by atomic mass is 9.91. The Balaban J connectivity index is 1.89. The minimum absolute atomic E-state index is 0.251. The molecule has 0 aromatic heterocycles. The minimum Gasteiger partial charge on any atom is -0.393 e. The summed E-state index contributed by atoms with van der Waals surface area (Å²) in [5.41, 5.74) is 0.862. The van der Waals surface area contributed by atoms with Gasteiger partial charge in [0.05, 0.1) is 10.6 Å². The fourth-order valence-electron chi connectivity index (χ4n) is 3.03. The molecule has 0 amide bonds. The van der Waals surface area contributed by atoms with Gasteiger partial charge in [0.1, 0.15) is 5.82 Å². The van der Waals surface area contributed by atoms with Crippen LogP contribution in [-0.2, 0) is 6.42 Å². The van der Waals surface area contributed by atoms with E-state index in [2.05, 4.69) is 15.9 Å². The van der Waals surface area contributed by atoms with Crippen LogP contribution in [0.4, 0.5) is 4.39 Å². The molecule has 1 aliphatic rings. The van der Waals surface area contributed by atoms with Gasteiger partial charge in [0, 0.05) is 0 Å². The van der Waals surface area contributed by atoms with Crippen LogP contribution in [0.5, 0.6) is 0 Å². The largest absolute Gasteiger partial charge is 0.393 e. The Labute approximate surface area is 123 Å². The molecule has 0 spiro atoms. The number of benzene rings is 1. The molecule has 0 aliphatic heterocycles. The molecule has 3 heteroatoms. The maximum absolute atomic E-state index is 13.4. The first kappa shape index (κ1) is 15.0. The lowest BCUT2D eigenvalue weighted by Crippen LogP contribution is -2.16. The van der Waals surface area contributed by atoms with Gasteiger partial charge in [-0.3, -0.25) is 0 Å². The Bertz CT molecular complexity index is 400. The standard InChI is InChI=1S/C16H22BrFO/c17-16-13(8-5-9-15(16)18)11-14(19)10-12-6-3-1-2-4-7-12/h5,8-9,12,14,19H,1-4,6-7,10-11H2. The number of halogens is 2. The monoisotopic (exact) mass is 328 g/mol. The van der Waals surface area contributed by atoms with E-state index in [-0.39, 0.29) is 11.9 Å². The van der Waals surface area contributed by atoms with E-state index < -0.39 is 0 Å². The smallest absolute Gasteiger partial charge is 0.137 e. The Morgan fingerprint density at radius 3 is 2.58 bits per heavy atom. The van der Waals surface area contributed by atoms with Crippen LogP contribution < -0.4 is 0 Å². The van der Waals surface area contributed by atoms with E-state index in [0.717, 1.165) is 12.0 Å². The van der Waals surface area contributed by atoms with Crippen molar-refractivity contribution in [3.63, 3.8) is 0 Å². The lowest BCUT2D eigenvalue weighted by molar-refractivity contribution is 0.137. The fourth-order valence-corrected chi connectivity index (χ4v) is 3.45. The molecular weight excluding hydrogens is 307 g/mol. The number of rotatable bonds is 4. The average Bonchev–Trinajstić information content (AvgIpc) is 2.63. The zero-order chi connectivity index (χ0) is 13.7. The van der Waals surface area contributed by atoms with E-state index in [1.165, 1.54) is 44.6 Å². The highest BCUT2D eigenvalue weighted by molar-refractivity contribution is 9.10. The third-order valence-corrected chi connectivity index (χ3v) is 4.96. The molecule has 1 unspecified atom stereocenters. The quantitative estimate of drug-likeness (QED) is 0.783. The van der Waals surface area contributed by atoms with Crippen LogP contribution in [0.15, 0.2) is 22.7 Å². The number of aliphatic hydroxyl groups is 1. The van der Waals surface area contributed by atoms with E-state index in [9.17, 15) is 9.50 Å². The van der Waals surface area contributed by atoms with Gasteiger partial charge in [-0.25, -0.2) is 4.39 Å². The first-order valence-corrected chi connectivity index (χ1v) is 8.07. The Kier molecular flexibility index (Phi) is 5.83. The van der Waals surface area contributed by atoms with Gasteiger partial charge in [0.2, 0.25) is 0 Å². The molecule has 1 aromatic carbocycles. The first-order valence-electron chi connectivity index (χ1n) is 7.27. The summed E-state index contributed by atoms with van der Waals surface area (Å²) in [6, 6.07) is 5.02. The molecule has 0 saturated heterocycles. The molecule has 106 valence electrons. The third kappa shape index (κ3) is 4.57. The number of hydrogen-bond acceptors (Lipinski definition) is 1. The normalized spacial score (nSPS) is 19.1. The third-order valence-electron chi connectivity index (χ3n) is 4.07. The zero-order valence-electron chi connectivity index (χ0n) is 11.2. The molecule has 1 saturated carbocycles. The van der Waals surface area contributed by atoms with Crippen molar-refractivity contribution in [2.75, 3.05) is 0 Å². The number of hydrogen-bond donors (Lipinski definition) is 1. The Morgan fingerprint density at radius 1 is 1.21 bits per heavy atom. The van der Waals surface area contributed by atoms with Crippen LogP contribution in [0.25, 0.3) is 0 Å². The highest BCUT2D eigenvalue weighted by Crippen LogP contribution is 2.28. The number of aliphatic hydroxyl groups excluding tert-OH is 1. The van der Waals surface area contributed by atoms with Gasteiger partial charge in [-0.05, 0) is 46.3 Å². The van der Waals surface area contributed by atoms with Gasteiger partial charge < -0.3 is 5.11 Å².